The van der Waals surface area contributed by atoms with Crippen LogP contribution in [-0.2, 0) is 14.3 Å². The summed E-state index contributed by atoms with van der Waals surface area (Å²) in [7, 11) is 3.01. The van der Waals surface area contributed by atoms with E-state index >= 15 is 0 Å². The van der Waals surface area contributed by atoms with Gasteiger partial charge < -0.3 is 15.0 Å². The second-order valence-electron chi connectivity index (χ2n) is 2.71. The van der Waals surface area contributed by atoms with E-state index < -0.39 is 5.97 Å². The number of hydrogen-bond donors (Lipinski definition) is 1. The SMILES string of the molecule is CCNC(=O)CN(C)C=CC(=O)OC. The molecule has 0 aliphatic rings. The van der Waals surface area contributed by atoms with Gasteiger partial charge in [-0.15, -0.1) is 0 Å². The van der Waals surface area contributed by atoms with E-state index in [1.54, 1.807) is 11.9 Å². The number of carbonyl (C=O) groups is 2. The van der Waals surface area contributed by atoms with Crippen LogP contribution in [0.5, 0.6) is 0 Å². The normalized spacial score (nSPS) is 9.93. The summed E-state index contributed by atoms with van der Waals surface area (Å²) in [6.07, 6.45) is 2.76. The summed E-state index contributed by atoms with van der Waals surface area (Å²) < 4.78 is 4.40. The van der Waals surface area contributed by atoms with Gasteiger partial charge in [0.2, 0.25) is 5.91 Å². The zero-order valence-electron chi connectivity index (χ0n) is 8.74. The number of nitrogens with zero attached hydrogens (tertiary/aromatic N) is 1. The molecule has 0 aliphatic heterocycles. The Kier molecular flexibility index (Phi) is 6.19. The van der Waals surface area contributed by atoms with Crippen molar-refractivity contribution in [1.82, 2.24) is 10.2 Å². The average molecular weight is 200 g/mol. The van der Waals surface area contributed by atoms with Gasteiger partial charge in [-0.25, -0.2) is 4.79 Å². The van der Waals surface area contributed by atoms with E-state index in [9.17, 15) is 9.59 Å². The standard InChI is InChI=1S/C9H16N2O3/c1-4-10-8(12)7-11(2)6-5-9(13)14-3/h5-6H,4,7H2,1-3H3,(H,10,12). The van der Waals surface area contributed by atoms with Crippen molar-refractivity contribution in [2.24, 2.45) is 0 Å². The van der Waals surface area contributed by atoms with Gasteiger partial charge >= 0.3 is 5.97 Å². The molecule has 0 atom stereocenters. The molecule has 0 radical (unpaired) electrons. The van der Waals surface area contributed by atoms with Crippen LogP contribution in [0.15, 0.2) is 12.3 Å². The lowest BCUT2D eigenvalue weighted by Crippen LogP contribution is -2.32. The molecule has 5 heteroatoms. The van der Waals surface area contributed by atoms with Gasteiger partial charge in [0.25, 0.3) is 0 Å². The van der Waals surface area contributed by atoms with Crippen molar-refractivity contribution < 1.29 is 14.3 Å². The molecular weight excluding hydrogens is 184 g/mol. The molecule has 0 saturated heterocycles. The van der Waals surface area contributed by atoms with Gasteiger partial charge in [0, 0.05) is 25.9 Å². The molecule has 0 rings (SSSR count). The van der Waals surface area contributed by atoms with Crippen LogP contribution in [0, 0.1) is 0 Å². The number of esters is 1. The van der Waals surface area contributed by atoms with Crippen molar-refractivity contribution in [3.8, 4) is 0 Å². The second kappa shape index (κ2) is 6.94. The van der Waals surface area contributed by atoms with Crippen molar-refractivity contribution >= 4 is 11.9 Å². The van der Waals surface area contributed by atoms with E-state index in [0.717, 1.165) is 0 Å². The van der Waals surface area contributed by atoms with Crippen LogP contribution in [0.4, 0.5) is 0 Å². The Bertz CT molecular complexity index is 226. The maximum atomic E-state index is 11.1. The molecule has 0 aromatic carbocycles. The summed E-state index contributed by atoms with van der Waals surface area (Å²) in [6, 6.07) is 0. The minimum Gasteiger partial charge on any atom is -0.466 e. The zero-order valence-corrected chi connectivity index (χ0v) is 8.74. The highest BCUT2D eigenvalue weighted by molar-refractivity contribution is 5.82. The number of hydrogen-bond acceptors (Lipinski definition) is 4. The third-order valence-electron chi connectivity index (χ3n) is 1.43. The fourth-order valence-corrected chi connectivity index (χ4v) is 0.788. The minimum atomic E-state index is -0.437. The Morgan fingerprint density at radius 3 is 2.64 bits per heavy atom. The Balaban J connectivity index is 3.85. The Morgan fingerprint density at radius 1 is 1.50 bits per heavy atom. The van der Waals surface area contributed by atoms with Crippen LogP contribution in [0.3, 0.4) is 0 Å². The number of amides is 1. The Morgan fingerprint density at radius 2 is 2.14 bits per heavy atom. The van der Waals surface area contributed by atoms with Gasteiger partial charge in [-0.3, -0.25) is 4.79 Å². The second-order valence-corrected chi connectivity index (χ2v) is 2.71. The lowest BCUT2D eigenvalue weighted by molar-refractivity contribution is -0.135. The van der Waals surface area contributed by atoms with E-state index in [4.69, 9.17) is 0 Å². The molecule has 1 N–H and O–H groups in total. The first kappa shape index (κ1) is 12.5. The maximum absolute atomic E-state index is 11.1. The average Bonchev–Trinajstić information content (AvgIpc) is 2.14. The molecular formula is C9H16N2O3. The summed E-state index contributed by atoms with van der Waals surface area (Å²) in [5.41, 5.74) is 0. The smallest absolute Gasteiger partial charge is 0.331 e. The summed E-state index contributed by atoms with van der Waals surface area (Å²) in [6.45, 7) is 2.68. The van der Waals surface area contributed by atoms with Gasteiger partial charge in [0.05, 0.1) is 13.7 Å². The topological polar surface area (TPSA) is 58.6 Å². The van der Waals surface area contributed by atoms with E-state index in [1.165, 1.54) is 19.4 Å². The van der Waals surface area contributed by atoms with Crippen LogP contribution in [0.1, 0.15) is 6.92 Å². The number of likely N-dealkylation sites (N-methyl/N-ethyl adjacent to an activating group) is 2. The molecule has 0 fully saturated rings. The van der Waals surface area contributed by atoms with Gasteiger partial charge in [0.15, 0.2) is 0 Å². The van der Waals surface area contributed by atoms with E-state index in [1.807, 2.05) is 6.92 Å². The summed E-state index contributed by atoms with van der Waals surface area (Å²) in [5.74, 6) is -0.516. The van der Waals surface area contributed by atoms with Crippen molar-refractivity contribution in [3.63, 3.8) is 0 Å². The highest BCUT2D eigenvalue weighted by Gasteiger charge is 2.01. The van der Waals surface area contributed by atoms with Crippen molar-refractivity contribution in [1.29, 1.82) is 0 Å². The van der Waals surface area contributed by atoms with Gasteiger partial charge in [-0.2, -0.15) is 0 Å². The number of carbonyl (C=O) groups excluding carboxylic acids is 2. The van der Waals surface area contributed by atoms with E-state index in [2.05, 4.69) is 10.1 Å². The maximum Gasteiger partial charge on any atom is 0.331 e. The molecule has 5 nitrogen and oxygen atoms in total. The quantitative estimate of drug-likeness (QED) is 0.490. The van der Waals surface area contributed by atoms with Crippen LogP contribution < -0.4 is 5.32 Å². The third kappa shape index (κ3) is 6.05. The molecule has 80 valence electrons. The van der Waals surface area contributed by atoms with E-state index in [0.29, 0.717) is 6.54 Å². The minimum absolute atomic E-state index is 0.0792. The Hall–Kier alpha value is -1.52. The van der Waals surface area contributed by atoms with Gasteiger partial charge in [-0.05, 0) is 6.92 Å². The molecule has 0 aliphatic carbocycles. The van der Waals surface area contributed by atoms with Crippen LogP contribution >= 0.6 is 0 Å². The van der Waals surface area contributed by atoms with Crippen molar-refractivity contribution in [3.05, 3.63) is 12.3 Å². The first-order valence-corrected chi connectivity index (χ1v) is 4.33. The summed E-state index contributed by atoms with van der Waals surface area (Å²) >= 11 is 0. The molecule has 0 saturated carbocycles. The highest BCUT2D eigenvalue weighted by Crippen LogP contribution is 1.85. The van der Waals surface area contributed by atoms with Gasteiger partial charge in [-0.1, -0.05) is 0 Å². The van der Waals surface area contributed by atoms with Gasteiger partial charge in [0.1, 0.15) is 0 Å². The van der Waals surface area contributed by atoms with Crippen molar-refractivity contribution in [2.45, 2.75) is 6.92 Å². The molecule has 0 aromatic heterocycles. The van der Waals surface area contributed by atoms with E-state index in [-0.39, 0.29) is 12.5 Å². The first-order chi connectivity index (χ1) is 6.60. The fraction of sp³-hybridized carbons (Fsp3) is 0.556. The van der Waals surface area contributed by atoms with Crippen LogP contribution in [0.25, 0.3) is 0 Å². The fourth-order valence-electron chi connectivity index (χ4n) is 0.788. The van der Waals surface area contributed by atoms with Crippen molar-refractivity contribution in [2.75, 3.05) is 27.2 Å². The number of ether oxygens (including phenoxy) is 1. The first-order valence-electron chi connectivity index (χ1n) is 4.33. The predicted octanol–water partition coefficient (Wildman–Crippen LogP) is -0.259. The largest absolute Gasteiger partial charge is 0.466 e. The third-order valence-corrected chi connectivity index (χ3v) is 1.43. The van der Waals surface area contributed by atoms with Crippen LogP contribution in [0.2, 0.25) is 0 Å². The highest BCUT2D eigenvalue weighted by atomic mass is 16.5. The number of nitrogens with one attached hydrogen (secondary N) is 1. The summed E-state index contributed by atoms with van der Waals surface area (Å²) in [4.78, 5) is 23.4. The molecule has 0 aromatic rings. The monoisotopic (exact) mass is 200 g/mol. The predicted molar refractivity (Wildman–Crippen MR) is 52.5 cm³/mol. The molecule has 14 heavy (non-hydrogen) atoms. The lowest BCUT2D eigenvalue weighted by Gasteiger charge is -2.12. The number of rotatable bonds is 5. The molecule has 0 bridgehead atoms. The lowest BCUT2D eigenvalue weighted by atomic mass is 10.5. The summed E-state index contributed by atoms with van der Waals surface area (Å²) in [5, 5.41) is 2.65. The molecule has 0 unspecified atom stereocenters. The van der Waals surface area contributed by atoms with Crippen LogP contribution in [-0.4, -0.2) is 44.0 Å². The zero-order chi connectivity index (χ0) is 11.0. The molecule has 1 amide bonds. The number of methoxy groups -OCH3 is 1. The Labute approximate surface area is 83.7 Å². The molecule has 0 heterocycles. The molecule has 0 spiro atoms.